The lowest BCUT2D eigenvalue weighted by atomic mass is 9.62. The molecule has 2 aromatic rings. The topological polar surface area (TPSA) is 0 Å². The Bertz CT molecular complexity index is 1530. The number of hydrogen-bond donors (Lipinski definition) is 0. The summed E-state index contributed by atoms with van der Waals surface area (Å²) in [5.74, 6) is 0. The van der Waals surface area contributed by atoms with Crippen LogP contribution in [0.25, 0.3) is 11.1 Å². The Kier molecular flexibility index (Phi) is 5.72. The van der Waals surface area contributed by atoms with Crippen molar-refractivity contribution in [3.63, 3.8) is 0 Å². The number of benzene rings is 2. The third-order valence-corrected chi connectivity index (χ3v) is 14.6. The quantitative estimate of drug-likeness (QED) is 0.318. The second-order valence-electron chi connectivity index (χ2n) is 16.6. The second-order valence-corrected chi connectivity index (χ2v) is 16.6. The van der Waals surface area contributed by atoms with Crippen molar-refractivity contribution in [1.82, 2.24) is 0 Å². The summed E-state index contributed by atoms with van der Waals surface area (Å²) in [4.78, 5) is 0. The minimum Gasteiger partial charge on any atom is -0.0770 e. The zero-order valence-corrected chi connectivity index (χ0v) is 26.9. The monoisotopic (exact) mass is 578 g/mol. The van der Waals surface area contributed by atoms with Gasteiger partial charge in [-0.15, -0.1) is 0 Å². The van der Waals surface area contributed by atoms with E-state index in [1.54, 1.807) is 55.7 Å². The molecule has 0 amide bonds. The molecule has 0 radical (unpaired) electrons. The predicted molar refractivity (Wildman–Crippen MR) is 184 cm³/mol. The van der Waals surface area contributed by atoms with E-state index in [1.165, 1.54) is 116 Å². The van der Waals surface area contributed by atoms with Crippen LogP contribution >= 0.6 is 0 Å². The molecule has 0 aliphatic heterocycles. The average molecular weight is 579 g/mol. The van der Waals surface area contributed by atoms with E-state index in [1.807, 2.05) is 0 Å². The van der Waals surface area contributed by atoms with Gasteiger partial charge in [-0.2, -0.15) is 0 Å². The number of allylic oxidation sites excluding steroid dienone is 8. The van der Waals surface area contributed by atoms with Crippen molar-refractivity contribution in [2.24, 2.45) is 0 Å². The Morgan fingerprint density at radius 3 is 1.00 bits per heavy atom. The van der Waals surface area contributed by atoms with Gasteiger partial charge in [0.2, 0.25) is 0 Å². The molecule has 0 heteroatoms. The third-order valence-electron chi connectivity index (χ3n) is 14.6. The van der Waals surface area contributed by atoms with Gasteiger partial charge in [0.05, 0.1) is 0 Å². The first-order valence-corrected chi connectivity index (χ1v) is 18.8. The highest BCUT2D eigenvalue weighted by atomic mass is 14.5. The lowest BCUT2D eigenvalue weighted by Gasteiger charge is -2.41. The highest BCUT2D eigenvalue weighted by Gasteiger charge is 2.47. The fourth-order valence-corrected chi connectivity index (χ4v) is 12.1. The summed E-state index contributed by atoms with van der Waals surface area (Å²) in [5.41, 5.74) is 18.0. The van der Waals surface area contributed by atoms with E-state index < -0.39 is 0 Å². The molecule has 44 heavy (non-hydrogen) atoms. The van der Waals surface area contributed by atoms with Gasteiger partial charge in [-0.05, 0) is 133 Å². The van der Waals surface area contributed by atoms with Gasteiger partial charge in [0.25, 0.3) is 0 Å². The molecule has 4 spiro atoms. The molecule has 0 atom stereocenters. The molecule has 0 bridgehead atoms. The smallest absolute Gasteiger partial charge is 0.0135 e. The minimum atomic E-state index is 0.319. The highest BCUT2D eigenvalue weighted by Crippen LogP contribution is 2.58. The molecular formula is C44H50. The molecule has 0 heterocycles. The van der Waals surface area contributed by atoms with E-state index >= 15 is 0 Å². The van der Waals surface area contributed by atoms with Gasteiger partial charge in [-0.25, -0.2) is 0 Å². The van der Waals surface area contributed by atoms with Crippen LogP contribution in [0.2, 0.25) is 0 Å². The van der Waals surface area contributed by atoms with Crippen molar-refractivity contribution in [2.45, 2.75) is 150 Å². The van der Waals surface area contributed by atoms with E-state index in [-0.39, 0.29) is 0 Å². The van der Waals surface area contributed by atoms with Crippen molar-refractivity contribution in [3.05, 3.63) is 105 Å². The fourth-order valence-electron chi connectivity index (χ4n) is 12.1. The highest BCUT2D eigenvalue weighted by molar-refractivity contribution is 5.80. The van der Waals surface area contributed by atoms with Gasteiger partial charge in [0.15, 0.2) is 0 Å². The summed E-state index contributed by atoms with van der Waals surface area (Å²) in [7, 11) is 0. The standard InChI is InChI=1S/C44H50/c1-2-16-41(15-1)23-25-43(19-5-6-20-43)39-29-35-31(11-13-33(35)27-37(39)41)9-10-32-12-14-34-28-38-40(30-36(32)34)44(21-7-8-22-44)26-24-42(38)17-3-4-18-42/h11-12,23-30H,1-10,13-22H2. The molecule has 0 N–H and O–H groups in total. The first-order valence-electron chi connectivity index (χ1n) is 18.8. The Morgan fingerprint density at radius 2 is 0.682 bits per heavy atom. The molecule has 10 rings (SSSR count). The summed E-state index contributed by atoms with van der Waals surface area (Å²) in [5, 5.41) is 0. The summed E-state index contributed by atoms with van der Waals surface area (Å²) >= 11 is 0. The summed E-state index contributed by atoms with van der Waals surface area (Å²) in [6, 6.07) is 10.9. The van der Waals surface area contributed by atoms with Crippen LogP contribution in [0, 0.1) is 0 Å². The van der Waals surface area contributed by atoms with Crippen molar-refractivity contribution in [3.8, 4) is 0 Å². The van der Waals surface area contributed by atoms with E-state index in [9.17, 15) is 0 Å². The SMILES string of the molecule is C1=CC2(CCCC2)c2cc3c(cc2C12CCCC2)CC=C3CCC1=CCc2cc3c(cc21)C1(C=CC32CCCC2)CCCC1. The van der Waals surface area contributed by atoms with Crippen LogP contribution < -0.4 is 0 Å². The molecule has 4 saturated carbocycles. The molecule has 0 unspecified atom stereocenters. The number of hydrogen-bond acceptors (Lipinski definition) is 0. The Morgan fingerprint density at radius 1 is 0.386 bits per heavy atom. The van der Waals surface area contributed by atoms with Gasteiger partial charge in [0.1, 0.15) is 0 Å². The Balaban J connectivity index is 0.966. The molecule has 0 nitrogen and oxygen atoms in total. The van der Waals surface area contributed by atoms with Crippen molar-refractivity contribution >= 4 is 11.1 Å². The van der Waals surface area contributed by atoms with Crippen LogP contribution in [0.4, 0.5) is 0 Å². The lowest BCUT2D eigenvalue weighted by Crippen LogP contribution is -2.33. The lowest BCUT2D eigenvalue weighted by molar-refractivity contribution is 0.468. The van der Waals surface area contributed by atoms with Gasteiger partial charge in [-0.3, -0.25) is 0 Å². The number of rotatable bonds is 3. The fraction of sp³-hybridized carbons (Fsp3) is 0.545. The van der Waals surface area contributed by atoms with Crippen LogP contribution in [-0.2, 0) is 34.5 Å². The molecule has 2 aromatic carbocycles. The Hall–Kier alpha value is -2.60. The van der Waals surface area contributed by atoms with Crippen LogP contribution in [0.15, 0.2) is 60.7 Å². The molecule has 0 aromatic heterocycles. The Labute approximate surface area is 265 Å². The maximum atomic E-state index is 2.74. The molecule has 8 aliphatic carbocycles. The first kappa shape index (κ1) is 26.6. The molecule has 226 valence electrons. The van der Waals surface area contributed by atoms with Gasteiger partial charge < -0.3 is 0 Å². The van der Waals surface area contributed by atoms with E-state index in [2.05, 4.69) is 60.7 Å². The van der Waals surface area contributed by atoms with Crippen LogP contribution in [0.3, 0.4) is 0 Å². The van der Waals surface area contributed by atoms with Crippen LogP contribution in [0.5, 0.6) is 0 Å². The van der Waals surface area contributed by atoms with E-state index in [0.717, 1.165) is 12.8 Å². The molecule has 0 saturated heterocycles. The maximum Gasteiger partial charge on any atom is 0.0135 e. The van der Waals surface area contributed by atoms with Gasteiger partial charge in [0, 0.05) is 21.7 Å². The maximum absolute atomic E-state index is 2.74. The van der Waals surface area contributed by atoms with Gasteiger partial charge >= 0.3 is 0 Å². The van der Waals surface area contributed by atoms with E-state index in [4.69, 9.17) is 0 Å². The predicted octanol–water partition coefficient (Wildman–Crippen LogP) is 11.4. The third kappa shape index (κ3) is 3.64. The summed E-state index contributed by atoms with van der Waals surface area (Å²) in [6.07, 6.45) is 42.8. The number of fused-ring (bicyclic) bond motifs is 8. The summed E-state index contributed by atoms with van der Waals surface area (Å²) < 4.78 is 0. The van der Waals surface area contributed by atoms with Crippen molar-refractivity contribution < 1.29 is 0 Å². The van der Waals surface area contributed by atoms with Crippen molar-refractivity contribution in [1.29, 1.82) is 0 Å². The molecule has 4 fully saturated rings. The molecular weight excluding hydrogens is 528 g/mol. The van der Waals surface area contributed by atoms with Crippen LogP contribution in [-0.4, -0.2) is 0 Å². The van der Waals surface area contributed by atoms with E-state index in [0.29, 0.717) is 21.7 Å². The van der Waals surface area contributed by atoms with Crippen LogP contribution in [0.1, 0.15) is 160 Å². The minimum absolute atomic E-state index is 0.319. The largest absolute Gasteiger partial charge is 0.0770 e. The zero-order chi connectivity index (χ0) is 29.0. The summed E-state index contributed by atoms with van der Waals surface area (Å²) in [6.45, 7) is 0. The first-order chi connectivity index (χ1) is 21.6. The zero-order valence-electron chi connectivity index (χ0n) is 26.9. The second kappa shape index (κ2) is 9.47. The van der Waals surface area contributed by atoms with Gasteiger partial charge in [-0.1, -0.05) is 112 Å². The average Bonchev–Trinajstić information content (AvgIpc) is 3.90. The van der Waals surface area contributed by atoms with Crippen molar-refractivity contribution in [2.75, 3.05) is 0 Å². The normalized spacial score (nSPS) is 26.9. The molecule has 8 aliphatic rings.